The number of allylic oxidation sites excluding steroid dienone is 2. The zero-order chi connectivity index (χ0) is 8.72. The molecule has 1 fully saturated rings. The number of carbonyl (C=O) groups is 2. The molecule has 12 heavy (non-hydrogen) atoms. The molecule has 64 valence electrons. The first-order valence-corrected chi connectivity index (χ1v) is 4.46. The molecule has 2 nitrogen and oxygen atoms in total. The Balaban J connectivity index is 2.41. The van der Waals surface area contributed by atoms with E-state index in [-0.39, 0.29) is 23.4 Å². The van der Waals surface area contributed by atoms with Crippen LogP contribution in [-0.4, -0.2) is 11.6 Å². The van der Waals surface area contributed by atoms with Crippen molar-refractivity contribution in [1.82, 2.24) is 0 Å². The van der Waals surface area contributed by atoms with Crippen molar-refractivity contribution in [2.45, 2.75) is 26.2 Å². The van der Waals surface area contributed by atoms with Crippen LogP contribution in [0, 0.1) is 11.8 Å². The van der Waals surface area contributed by atoms with Gasteiger partial charge in [0.2, 0.25) is 0 Å². The van der Waals surface area contributed by atoms with Crippen molar-refractivity contribution in [2.24, 2.45) is 11.8 Å². The van der Waals surface area contributed by atoms with E-state index in [2.05, 4.69) is 0 Å². The molecule has 0 radical (unpaired) electrons. The van der Waals surface area contributed by atoms with Crippen molar-refractivity contribution < 1.29 is 9.59 Å². The summed E-state index contributed by atoms with van der Waals surface area (Å²) in [4.78, 5) is 22.9. The lowest BCUT2D eigenvalue weighted by atomic mass is 9.71. The van der Waals surface area contributed by atoms with Crippen LogP contribution in [0.3, 0.4) is 0 Å². The number of Topliss-reactive ketones (excluding diaryl/α,β-unsaturated/α-hetero) is 1. The smallest absolute Gasteiger partial charge is 0.166 e. The Hall–Kier alpha value is -0.920. The Morgan fingerprint density at radius 3 is 2.67 bits per heavy atom. The third kappa shape index (κ3) is 0.942. The Morgan fingerprint density at radius 1 is 1.25 bits per heavy atom. The second-order valence-electron chi connectivity index (χ2n) is 3.73. The van der Waals surface area contributed by atoms with Crippen LogP contribution in [0.25, 0.3) is 0 Å². The zero-order valence-electron chi connectivity index (χ0n) is 7.17. The van der Waals surface area contributed by atoms with Crippen molar-refractivity contribution in [3.8, 4) is 0 Å². The molecular formula is C10H12O2. The minimum absolute atomic E-state index is 0.0356. The van der Waals surface area contributed by atoms with E-state index < -0.39 is 0 Å². The summed E-state index contributed by atoms with van der Waals surface area (Å²) >= 11 is 0. The first kappa shape index (κ1) is 7.71. The Morgan fingerprint density at radius 2 is 1.92 bits per heavy atom. The molecular weight excluding hydrogens is 152 g/mol. The van der Waals surface area contributed by atoms with E-state index in [1.54, 1.807) is 6.08 Å². The molecule has 0 N–H and O–H groups in total. The van der Waals surface area contributed by atoms with Gasteiger partial charge in [-0.3, -0.25) is 9.59 Å². The summed E-state index contributed by atoms with van der Waals surface area (Å²) in [5.41, 5.74) is 0.973. The summed E-state index contributed by atoms with van der Waals surface area (Å²) in [6.07, 6.45) is 4.41. The summed E-state index contributed by atoms with van der Waals surface area (Å²) < 4.78 is 0. The van der Waals surface area contributed by atoms with Crippen LogP contribution >= 0.6 is 0 Å². The quantitative estimate of drug-likeness (QED) is 0.508. The van der Waals surface area contributed by atoms with E-state index >= 15 is 0 Å². The molecule has 0 amide bonds. The maximum absolute atomic E-state index is 11.6. The predicted molar refractivity (Wildman–Crippen MR) is 44.6 cm³/mol. The van der Waals surface area contributed by atoms with Crippen LogP contribution in [-0.2, 0) is 9.59 Å². The second-order valence-corrected chi connectivity index (χ2v) is 3.73. The predicted octanol–water partition coefficient (Wildman–Crippen LogP) is 1.50. The molecule has 0 spiro atoms. The highest BCUT2D eigenvalue weighted by atomic mass is 16.2. The highest BCUT2D eigenvalue weighted by molar-refractivity contribution is 6.12. The molecule has 1 saturated carbocycles. The van der Waals surface area contributed by atoms with Crippen molar-refractivity contribution >= 4 is 11.6 Å². The number of hydrogen-bond donors (Lipinski definition) is 0. The third-order valence-corrected chi connectivity index (χ3v) is 2.94. The maximum Gasteiger partial charge on any atom is 0.166 e. The molecule has 2 unspecified atom stereocenters. The minimum atomic E-state index is -0.285. The molecule has 0 aromatic carbocycles. The van der Waals surface area contributed by atoms with Crippen molar-refractivity contribution in [3.63, 3.8) is 0 Å². The van der Waals surface area contributed by atoms with Crippen LogP contribution in [0.4, 0.5) is 0 Å². The minimum Gasteiger partial charge on any atom is -0.298 e. The molecule has 0 aliphatic heterocycles. The van der Waals surface area contributed by atoms with Gasteiger partial charge in [-0.05, 0) is 25.8 Å². The normalized spacial score (nSPS) is 34.9. The van der Waals surface area contributed by atoms with E-state index in [1.807, 2.05) is 6.92 Å². The fourth-order valence-electron chi connectivity index (χ4n) is 2.21. The van der Waals surface area contributed by atoms with Gasteiger partial charge in [0.25, 0.3) is 0 Å². The van der Waals surface area contributed by atoms with E-state index in [0.717, 1.165) is 24.8 Å². The van der Waals surface area contributed by atoms with E-state index in [4.69, 9.17) is 0 Å². The lowest BCUT2D eigenvalue weighted by Crippen LogP contribution is -2.37. The fourth-order valence-corrected chi connectivity index (χ4v) is 2.21. The largest absolute Gasteiger partial charge is 0.298 e. The van der Waals surface area contributed by atoms with Crippen molar-refractivity contribution in [3.05, 3.63) is 11.6 Å². The van der Waals surface area contributed by atoms with Gasteiger partial charge in [0, 0.05) is 5.92 Å². The average Bonchev–Trinajstić information content (AvgIpc) is 2.01. The van der Waals surface area contributed by atoms with Gasteiger partial charge in [0.15, 0.2) is 11.6 Å². The van der Waals surface area contributed by atoms with Gasteiger partial charge in [0.05, 0.1) is 5.92 Å². The van der Waals surface area contributed by atoms with Gasteiger partial charge < -0.3 is 0 Å². The number of fused-ring (bicyclic) bond motifs is 2. The summed E-state index contributed by atoms with van der Waals surface area (Å²) in [6.45, 7) is 1.89. The number of hydrogen-bond acceptors (Lipinski definition) is 2. The summed E-state index contributed by atoms with van der Waals surface area (Å²) in [5, 5.41) is 0. The van der Waals surface area contributed by atoms with Crippen LogP contribution in [0.1, 0.15) is 26.2 Å². The molecule has 0 aromatic rings. The second kappa shape index (κ2) is 2.54. The molecule has 2 aliphatic carbocycles. The topological polar surface area (TPSA) is 34.1 Å². The summed E-state index contributed by atoms with van der Waals surface area (Å²) in [5.74, 6) is -0.00593. The SMILES string of the molecule is CC1=CC(=O)C2CCCC1C2=O. The molecule has 0 heterocycles. The summed E-state index contributed by atoms with van der Waals surface area (Å²) in [7, 11) is 0. The molecule has 2 aliphatic rings. The average molecular weight is 164 g/mol. The van der Waals surface area contributed by atoms with Crippen LogP contribution in [0.5, 0.6) is 0 Å². The van der Waals surface area contributed by atoms with Crippen molar-refractivity contribution in [1.29, 1.82) is 0 Å². The summed E-state index contributed by atoms with van der Waals surface area (Å²) in [6, 6.07) is 0. The van der Waals surface area contributed by atoms with Gasteiger partial charge in [0.1, 0.15) is 0 Å². The Labute approximate surface area is 71.6 Å². The molecule has 2 heteroatoms. The zero-order valence-corrected chi connectivity index (χ0v) is 7.17. The fraction of sp³-hybridized carbons (Fsp3) is 0.600. The van der Waals surface area contributed by atoms with Gasteiger partial charge in [-0.15, -0.1) is 0 Å². The number of rotatable bonds is 0. The molecule has 2 bridgehead atoms. The maximum atomic E-state index is 11.6. The molecule has 2 atom stereocenters. The van der Waals surface area contributed by atoms with Crippen LogP contribution in [0.2, 0.25) is 0 Å². The standard InChI is InChI=1S/C10H12O2/c1-6-5-9(11)8-4-2-3-7(6)10(8)12/h5,7-8H,2-4H2,1H3. The van der Waals surface area contributed by atoms with Crippen molar-refractivity contribution in [2.75, 3.05) is 0 Å². The van der Waals surface area contributed by atoms with Gasteiger partial charge in [-0.2, -0.15) is 0 Å². The van der Waals surface area contributed by atoms with E-state index in [1.165, 1.54) is 0 Å². The molecule has 0 aromatic heterocycles. The highest BCUT2D eigenvalue weighted by Crippen LogP contribution is 2.35. The lowest BCUT2D eigenvalue weighted by Gasteiger charge is -2.30. The van der Waals surface area contributed by atoms with Gasteiger partial charge >= 0.3 is 0 Å². The molecule has 0 saturated heterocycles. The lowest BCUT2D eigenvalue weighted by molar-refractivity contribution is -0.135. The molecule has 2 rings (SSSR count). The Bertz CT molecular complexity index is 276. The van der Waals surface area contributed by atoms with Crippen LogP contribution in [0.15, 0.2) is 11.6 Å². The highest BCUT2D eigenvalue weighted by Gasteiger charge is 2.39. The number of carbonyl (C=O) groups excluding carboxylic acids is 2. The number of ketones is 2. The van der Waals surface area contributed by atoms with E-state index in [0.29, 0.717) is 0 Å². The first-order valence-electron chi connectivity index (χ1n) is 4.46. The first-order chi connectivity index (χ1) is 5.70. The van der Waals surface area contributed by atoms with E-state index in [9.17, 15) is 9.59 Å². The van der Waals surface area contributed by atoms with Crippen LogP contribution < -0.4 is 0 Å². The monoisotopic (exact) mass is 164 g/mol. The third-order valence-electron chi connectivity index (χ3n) is 2.94. The Kier molecular flexibility index (Phi) is 1.63. The van der Waals surface area contributed by atoms with Gasteiger partial charge in [-0.25, -0.2) is 0 Å². The van der Waals surface area contributed by atoms with Gasteiger partial charge in [-0.1, -0.05) is 12.0 Å².